The number of hydrogen-bond acceptors (Lipinski definition) is 4. The summed E-state index contributed by atoms with van der Waals surface area (Å²) in [6.45, 7) is 6.27. The van der Waals surface area contributed by atoms with E-state index in [0.29, 0.717) is 18.8 Å². The summed E-state index contributed by atoms with van der Waals surface area (Å²) >= 11 is 0. The molecule has 0 saturated heterocycles. The molecule has 6 heteroatoms. The van der Waals surface area contributed by atoms with Crippen LogP contribution in [0.1, 0.15) is 6.92 Å². The maximum Gasteiger partial charge on any atom is 0.267 e. The number of carbonyl (C=O) groups is 1. The Kier molecular flexibility index (Phi) is 5.68. The molecule has 2 aromatic rings. The molecule has 1 amide bonds. The van der Waals surface area contributed by atoms with Crippen LogP contribution >= 0.6 is 0 Å². The summed E-state index contributed by atoms with van der Waals surface area (Å²) in [5.41, 5.74) is 1.13. The SMILES string of the molecule is C=CCNC(=O)Cn1nc(-c2ccc(OCC)cc2)ccc1=O. The Hall–Kier alpha value is -2.89. The third kappa shape index (κ3) is 4.54. The molecule has 2 rings (SSSR count). The van der Waals surface area contributed by atoms with E-state index in [-0.39, 0.29) is 18.0 Å². The Bertz CT molecular complexity index is 735. The van der Waals surface area contributed by atoms with Gasteiger partial charge in [0.1, 0.15) is 12.3 Å². The first-order valence-electron chi connectivity index (χ1n) is 7.33. The van der Waals surface area contributed by atoms with Crippen molar-refractivity contribution < 1.29 is 9.53 Å². The van der Waals surface area contributed by atoms with Crippen molar-refractivity contribution in [2.45, 2.75) is 13.5 Å². The first kappa shape index (κ1) is 16.5. The van der Waals surface area contributed by atoms with Gasteiger partial charge in [0.25, 0.3) is 5.56 Å². The normalized spacial score (nSPS) is 10.1. The molecule has 0 unspecified atom stereocenters. The molecule has 0 bridgehead atoms. The summed E-state index contributed by atoms with van der Waals surface area (Å²) < 4.78 is 6.54. The largest absolute Gasteiger partial charge is 0.494 e. The first-order valence-corrected chi connectivity index (χ1v) is 7.33. The standard InChI is InChI=1S/C17H19N3O3/c1-3-11-18-16(21)12-20-17(22)10-9-15(19-20)13-5-7-14(8-6-13)23-4-2/h3,5-10H,1,4,11-12H2,2H3,(H,18,21). The van der Waals surface area contributed by atoms with Crippen LogP contribution in [-0.4, -0.2) is 28.8 Å². The van der Waals surface area contributed by atoms with Crippen LogP contribution in [-0.2, 0) is 11.3 Å². The number of ether oxygens (including phenoxy) is 1. The monoisotopic (exact) mass is 313 g/mol. The van der Waals surface area contributed by atoms with Gasteiger partial charge < -0.3 is 10.1 Å². The van der Waals surface area contributed by atoms with Crippen LogP contribution in [0.15, 0.2) is 53.8 Å². The van der Waals surface area contributed by atoms with Gasteiger partial charge in [-0.1, -0.05) is 6.08 Å². The second-order valence-electron chi connectivity index (χ2n) is 4.76. The number of nitrogens with one attached hydrogen (secondary N) is 1. The minimum atomic E-state index is -0.326. The molecule has 0 saturated carbocycles. The van der Waals surface area contributed by atoms with Crippen LogP contribution in [0.2, 0.25) is 0 Å². The molecule has 0 radical (unpaired) electrons. The van der Waals surface area contributed by atoms with Gasteiger partial charge in [-0.15, -0.1) is 6.58 Å². The number of hydrogen-bond donors (Lipinski definition) is 1. The predicted molar refractivity (Wildman–Crippen MR) is 88.3 cm³/mol. The van der Waals surface area contributed by atoms with Crippen LogP contribution in [0, 0.1) is 0 Å². The average molecular weight is 313 g/mol. The molecule has 0 atom stereocenters. The molecular formula is C17H19N3O3. The Morgan fingerprint density at radius 1 is 1.30 bits per heavy atom. The number of rotatable bonds is 7. The van der Waals surface area contributed by atoms with Crippen LogP contribution in [0.3, 0.4) is 0 Å². The van der Waals surface area contributed by atoms with Crippen molar-refractivity contribution in [2.24, 2.45) is 0 Å². The van der Waals surface area contributed by atoms with Gasteiger partial charge in [-0.25, -0.2) is 4.68 Å². The van der Waals surface area contributed by atoms with Crippen LogP contribution in [0.25, 0.3) is 11.3 Å². The van der Waals surface area contributed by atoms with E-state index < -0.39 is 0 Å². The van der Waals surface area contributed by atoms with Crippen molar-refractivity contribution in [1.82, 2.24) is 15.1 Å². The summed E-state index contributed by atoms with van der Waals surface area (Å²) in [4.78, 5) is 23.5. The highest BCUT2D eigenvalue weighted by Gasteiger charge is 2.07. The molecule has 120 valence electrons. The summed E-state index contributed by atoms with van der Waals surface area (Å²) in [7, 11) is 0. The molecule has 1 aromatic heterocycles. The number of amides is 1. The number of benzene rings is 1. The maximum absolute atomic E-state index is 11.8. The molecule has 0 aliphatic heterocycles. The van der Waals surface area contributed by atoms with Gasteiger partial charge in [0.2, 0.25) is 5.91 Å². The average Bonchev–Trinajstić information content (AvgIpc) is 2.56. The van der Waals surface area contributed by atoms with Crippen molar-refractivity contribution in [3.63, 3.8) is 0 Å². The Morgan fingerprint density at radius 2 is 2.04 bits per heavy atom. The van der Waals surface area contributed by atoms with Crippen molar-refractivity contribution in [2.75, 3.05) is 13.2 Å². The fourth-order valence-electron chi connectivity index (χ4n) is 1.98. The highest BCUT2D eigenvalue weighted by Crippen LogP contribution is 2.19. The maximum atomic E-state index is 11.8. The van der Waals surface area contributed by atoms with Gasteiger partial charge >= 0.3 is 0 Å². The fourth-order valence-corrected chi connectivity index (χ4v) is 1.98. The van der Waals surface area contributed by atoms with Crippen LogP contribution < -0.4 is 15.6 Å². The molecule has 1 aromatic carbocycles. The number of aromatic nitrogens is 2. The fraction of sp³-hybridized carbons (Fsp3) is 0.235. The lowest BCUT2D eigenvalue weighted by molar-refractivity contribution is -0.121. The zero-order valence-corrected chi connectivity index (χ0v) is 13.0. The molecule has 0 aliphatic carbocycles. The molecule has 0 fully saturated rings. The van der Waals surface area contributed by atoms with Crippen molar-refractivity contribution in [3.05, 3.63) is 59.4 Å². The van der Waals surface area contributed by atoms with E-state index in [2.05, 4.69) is 17.0 Å². The van der Waals surface area contributed by atoms with Gasteiger partial charge in [0.15, 0.2) is 0 Å². The highest BCUT2D eigenvalue weighted by molar-refractivity contribution is 5.75. The molecule has 0 spiro atoms. The van der Waals surface area contributed by atoms with E-state index in [4.69, 9.17) is 4.74 Å². The second kappa shape index (κ2) is 7.93. The van der Waals surface area contributed by atoms with Crippen LogP contribution in [0.4, 0.5) is 0 Å². The molecular weight excluding hydrogens is 294 g/mol. The lowest BCUT2D eigenvalue weighted by atomic mass is 10.1. The third-order valence-electron chi connectivity index (χ3n) is 3.06. The Balaban J connectivity index is 2.20. The summed E-state index contributed by atoms with van der Waals surface area (Å²) in [6.07, 6.45) is 1.57. The minimum absolute atomic E-state index is 0.127. The summed E-state index contributed by atoms with van der Waals surface area (Å²) in [5.74, 6) is 0.483. The Morgan fingerprint density at radius 3 is 2.70 bits per heavy atom. The lowest BCUT2D eigenvalue weighted by Crippen LogP contribution is -2.33. The minimum Gasteiger partial charge on any atom is -0.494 e. The van der Waals surface area contributed by atoms with E-state index in [9.17, 15) is 9.59 Å². The third-order valence-corrected chi connectivity index (χ3v) is 3.06. The van der Waals surface area contributed by atoms with Crippen molar-refractivity contribution >= 4 is 5.91 Å². The number of carbonyl (C=O) groups excluding carboxylic acids is 1. The predicted octanol–water partition coefficient (Wildman–Crippen LogP) is 1.61. The van der Waals surface area contributed by atoms with Crippen molar-refractivity contribution in [3.8, 4) is 17.0 Å². The summed E-state index contributed by atoms with van der Waals surface area (Å²) in [5, 5.41) is 6.86. The Labute approximate surface area is 134 Å². The van der Waals surface area contributed by atoms with Crippen molar-refractivity contribution in [1.29, 1.82) is 0 Å². The van der Waals surface area contributed by atoms with Gasteiger partial charge in [-0.2, -0.15) is 5.10 Å². The first-order chi connectivity index (χ1) is 11.1. The highest BCUT2D eigenvalue weighted by atomic mass is 16.5. The van der Waals surface area contributed by atoms with E-state index >= 15 is 0 Å². The van der Waals surface area contributed by atoms with Gasteiger partial charge in [0, 0.05) is 18.2 Å². The molecule has 1 N–H and O–H groups in total. The van der Waals surface area contributed by atoms with E-state index in [1.54, 1.807) is 12.1 Å². The molecule has 6 nitrogen and oxygen atoms in total. The quantitative estimate of drug-likeness (QED) is 0.788. The molecule has 1 heterocycles. The van der Waals surface area contributed by atoms with Crippen LogP contribution in [0.5, 0.6) is 5.75 Å². The molecule has 0 aliphatic rings. The van der Waals surface area contributed by atoms with E-state index in [1.807, 2.05) is 31.2 Å². The molecule has 23 heavy (non-hydrogen) atoms. The van der Waals surface area contributed by atoms with Gasteiger partial charge in [-0.05, 0) is 37.3 Å². The van der Waals surface area contributed by atoms with E-state index in [0.717, 1.165) is 16.0 Å². The van der Waals surface area contributed by atoms with Gasteiger partial charge in [0.05, 0.1) is 12.3 Å². The van der Waals surface area contributed by atoms with E-state index in [1.165, 1.54) is 6.07 Å². The second-order valence-corrected chi connectivity index (χ2v) is 4.76. The zero-order valence-electron chi connectivity index (χ0n) is 13.0. The summed E-state index contributed by atoms with van der Waals surface area (Å²) in [6, 6.07) is 10.4. The number of nitrogens with zero attached hydrogens (tertiary/aromatic N) is 2. The topological polar surface area (TPSA) is 73.2 Å². The smallest absolute Gasteiger partial charge is 0.267 e. The lowest BCUT2D eigenvalue weighted by Gasteiger charge is -2.08. The van der Waals surface area contributed by atoms with Gasteiger partial charge in [-0.3, -0.25) is 9.59 Å². The zero-order chi connectivity index (χ0) is 16.7.